The zero-order valence-corrected chi connectivity index (χ0v) is 26.0. The lowest BCUT2D eigenvalue weighted by molar-refractivity contribution is -0.0635. The summed E-state index contributed by atoms with van der Waals surface area (Å²) in [6, 6.07) is 7.76. The van der Waals surface area contributed by atoms with Gasteiger partial charge >= 0.3 is 5.97 Å². The van der Waals surface area contributed by atoms with Crippen LogP contribution in [0.1, 0.15) is 116 Å². The van der Waals surface area contributed by atoms with E-state index >= 15 is 0 Å². The third-order valence-corrected chi connectivity index (χ3v) is 12.2. The van der Waals surface area contributed by atoms with E-state index in [1.807, 2.05) is 43.3 Å². The molecule has 8 atom stereocenters. The summed E-state index contributed by atoms with van der Waals surface area (Å²) in [6.45, 7) is 12.6. The van der Waals surface area contributed by atoms with Crippen molar-refractivity contribution in [2.45, 2.75) is 111 Å². The van der Waals surface area contributed by atoms with E-state index in [-0.39, 0.29) is 12.1 Å². The van der Waals surface area contributed by atoms with Gasteiger partial charge in [-0.2, -0.15) is 0 Å². The van der Waals surface area contributed by atoms with Crippen molar-refractivity contribution in [2.75, 3.05) is 19.0 Å². The van der Waals surface area contributed by atoms with Gasteiger partial charge in [0.25, 0.3) is 0 Å². The Balaban J connectivity index is 1.24. The molecular weight excluding hydrogens is 478 g/mol. The van der Waals surface area contributed by atoms with Crippen molar-refractivity contribution in [2.24, 2.45) is 46.3 Å². The Labute approximate surface area is 239 Å². The molecule has 1 aromatic rings. The lowest BCUT2D eigenvalue weighted by Gasteiger charge is -2.59. The fourth-order valence-electron chi connectivity index (χ4n) is 9.92. The average molecular weight is 534 g/mol. The minimum Gasteiger partial charge on any atom is -0.455 e. The molecule has 3 saturated carbocycles. The van der Waals surface area contributed by atoms with Gasteiger partial charge in [0.1, 0.15) is 6.10 Å². The van der Waals surface area contributed by atoms with E-state index in [2.05, 4.69) is 40.7 Å². The summed E-state index contributed by atoms with van der Waals surface area (Å²) >= 11 is 0. The summed E-state index contributed by atoms with van der Waals surface area (Å²) in [7, 11) is 4.03. The van der Waals surface area contributed by atoms with Gasteiger partial charge in [-0.1, -0.05) is 59.5 Å². The van der Waals surface area contributed by atoms with Crippen LogP contribution in [-0.2, 0) is 4.74 Å². The van der Waals surface area contributed by atoms with E-state index in [0.717, 1.165) is 54.0 Å². The van der Waals surface area contributed by atoms with Gasteiger partial charge < -0.3 is 9.64 Å². The Morgan fingerprint density at radius 3 is 2.38 bits per heavy atom. The van der Waals surface area contributed by atoms with Crippen LogP contribution in [0.15, 0.2) is 35.9 Å². The molecule has 0 spiro atoms. The van der Waals surface area contributed by atoms with Crippen molar-refractivity contribution < 1.29 is 9.53 Å². The molecule has 4 aliphatic rings. The second-order valence-corrected chi connectivity index (χ2v) is 15.0. The predicted molar refractivity (Wildman–Crippen MR) is 163 cm³/mol. The van der Waals surface area contributed by atoms with E-state index in [1.54, 1.807) is 5.57 Å². The van der Waals surface area contributed by atoms with Gasteiger partial charge in [0.15, 0.2) is 0 Å². The summed E-state index contributed by atoms with van der Waals surface area (Å²) in [5.74, 6) is 5.03. The minimum absolute atomic E-state index is 0.0814. The molecule has 216 valence electrons. The van der Waals surface area contributed by atoms with Crippen LogP contribution in [0.3, 0.4) is 0 Å². The Morgan fingerprint density at radius 1 is 0.949 bits per heavy atom. The molecule has 0 saturated heterocycles. The zero-order valence-electron chi connectivity index (χ0n) is 26.0. The maximum absolute atomic E-state index is 12.9. The third-order valence-electron chi connectivity index (χ3n) is 12.2. The fourth-order valence-corrected chi connectivity index (χ4v) is 9.92. The number of hydrogen-bond donors (Lipinski definition) is 0. The molecule has 1 aromatic carbocycles. The van der Waals surface area contributed by atoms with Crippen molar-refractivity contribution in [1.82, 2.24) is 0 Å². The first-order chi connectivity index (χ1) is 18.5. The highest BCUT2D eigenvalue weighted by atomic mass is 16.5. The van der Waals surface area contributed by atoms with E-state index < -0.39 is 0 Å². The summed E-state index contributed by atoms with van der Waals surface area (Å²) < 4.78 is 6.05. The van der Waals surface area contributed by atoms with Gasteiger partial charge in [-0.05, 0) is 128 Å². The van der Waals surface area contributed by atoms with Crippen molar-refractivity contribution in [3.8, 4) is 0 Å². The lowest BCUT2D eigenvalue weighted by Crippen LogP contribution is -2.51. The summed E-state index contributed by atoms with van der Waals surface area (Å²) in [6.07, 6.45) is 16.9. The van der Waals surface area contributed by atoms with Crippen LogP contribution in [0.5, 0.6) is 0 Å². The smallest absolute Gasteiger partial charge is 0.338 e. The van der Waals surface area contributed by atoms with Gasteiger partial charge in [0.05, 0.1) is 5.56 Å². The number of ether oxygens (including phenoxy) is 1. The van der Waals surface area contributed by atoms with E-state index in [9.17, 15) is 4.79 Å². The number of fused-ring (bicyclic) bond motifs is 5. The first-order valence-corrected chi connectivity index (χ1v) is 16.2. The number of carbonyl (C=O) groups is 1. The molecule has 0 bridgehead atoms. The summed E-state index contributed by atoms with van der Waals surface area (Å²) in [5, 5.41) is 0. The van der Waals surface area contributed by atoms with Gasteiger partial charge in [0, 0.05) is 19.8 Å². The lowest BCUT2D eigenvalue weighted by atomic mass is 9.46. The molecule has 0 heterocycles. The van der Waals surface area contributed by atoms with Gasteiger partial charge in [-0.25, -0.2) is 4.79 Å². The molecule has 0 unspecified atom stereocenters. The normalized spacial score (nSPS) is 36.4. The molecule has 5 rings (SSSR count). The molecule has 0 aromatic heterocycles. The van der Waals surface area contributed by atoms with Gasteiger partial charge in [-0.3, -0.25) is 0 Å². The van der Waals surface area contributed by atoms with Crippen LogP contribution in [-0.4, -0.2) is 26.2 Å². The van der Waals surface area contributed by atoms with Gasteiger partial charge in [0.2, 0.25) is 0 Å². The molecule has 3 fully saturated rings. The maximum atomic E-state index is 12.9. The Kier molecular flexibility index (Phi) is 8.29. The molecule has 0 aliphatic heterocycles. The molecule has 4 aliphatic carbocycles. The molecule has 0 amide bonds. The van der Waals surface area contributed by atoms with Gasteiger partial charge in [-0.15, -0.1) is 0 Å². The highest BCUT2D eigenvalue weighted by molar-refractivity contribution is 5.90. The highest BCUT2D eigenvalue weighted by Crippen LogP contribution is 2.67. The quantitative estimate of drug-likeness (QED) is 0.246. The Hall–Kier alpha value is -1.77. The van der Waals surface area contributed by atoms with Crippen molar-refractivity contribution in [3.05, 3.63) is 41.5 Å². The topological polar surface area (TPSA) is 29.5 Å². The van der Waals surface area contributed by atoms with Crippen molar-refractivity contribution in [3.63, 3.8) is 0 Å². The molecular formula is C36H55NO2. The van der Waals surface area contributed by atoms with Crippen LogP contribution in [0, 0.1) is 46.3 Å². The average Bonchev–Trinajstić information content (AvgIpc) is 3.26. The number of anilines is 1. The molecule has 0 radical (unpaired) electrons. The second kappa shape index (κ2) is 11.2. The molecule has 0 N–H and O–H groups in total. The van der Waals surface area contributed by atoms with Crippen LogP contribution < -0.4 is 4.90 Å². The molecule has 3 heteroatoms. The predicted octanol–water partition coefficient (Wildman–Crippen LogP) is 9.32. The molecule has 39 heavy (non-hydrogen) atoms. The highest BCUT2D eigenvalue weighted by Gasteiger charge is 2.59. The summed E-state index contributed by atoms with van der Waals surface area (Å²) in [4.78, 5) is 15.0. The zero-order chi connectivity index (χ0) is 27.9. The SMILES string of the molecule is CC(C)CCC[C@@H](C)[C@H]1CC[C@H]2[C@@H]3CCC4=C[C@@H](OC(=O)c5ccc(N(C)C)cc5)CC[C@]4(C)[C@H]3CC[C@]12C. The number of esters is 1. The maximum Gasteiger partial charge on any atom is 0.338 e. The van der Waals surface area contributed by atoms with Crippen LogP contribution >= 0.6 is 0 Å². The Morgan fingerprint density at radius 2 is 1.69 bits per heavy atom. The number of rotatable bonds is 8. The minimum atomic E-state index is -0.188. The van der Waals surface area contributed by atoms with Crippen LogP contribution in [0.4, 0.5) is 5.69 Å². The summed E-state index contributed by atoms with van der Waals surface area (Å²) in [5.41, 5.74) is 4.18. The largest absolute Gasteiger partial charge is 0.455 e. The molecule has 3 nitrogen and oxygen atoms in total. The Bertz CT molecular complexity index is 1040. The van der Waals surface area contributed by atoms with Crippen molar-refractivity contribution in [1.29, 1.82) is 0 Å². The second-order valence-electron chi connectivity index (χ2n) is 15.0. The number of hydrogen-bond acceptors (Lipinski definition) is 3. The van der Waals surface area contributed by atoms with Crippen molar-refractivity contribution >= 4 is 11.7 Å². The van der Waals surface area contributed by atoms with E-state index in [4.69, 9.17) is 4.74 Å². The van der Waals surface area contributed by atoms with Crippen LogP contribution in [0.25, 0.3) is 0 Å². The number of benzene rings is 1. The standard InChI is InChI=1S/C36H55NO2/c1-24(2)9-8-10-25(3)31-17-18-32-30-16-13-27-23-29(19-21-35(27,4)33(30)20-22-36(31,32)5)39-34(38)26-11-14-28(15-12-26)37(6)7/h11-12,14-15,23-25,29-33H,8-10,13,16-22H2,1-7H3/t25-,29+,30+,31-,32+,33+,35+,36-/m1/s1. The third kappa shape index (κ3) is 5.45. The number of allylic oxidation sites excluding steroid dienone is 1. The first kappa shape index (κ1) is 28.7. The fraction of sp³-hybridized carbons (Fsp3) is 0.750. The number of carbonyl (C=O) groups excluding carboxylic acids is 1. The van der Waals surface area contributed by atoms with E-state index in [0.29, 0.717) is 16.4 Å². The van der Waals surface area contributed by atoms with Crippen LogP contribution in [0.2, 0.25) is 0 Å². The first-order valence-electron chi connectivity index (χ1n) is 16.2. The number of nitrogens with zero attached hydrogens (tertiary/aromatic N) is 1. The monoisotopic (exact) mass is 533 g/mol. The van der Waals surface area contributed by atoms with E-state index in [1.165, 1.54) is 57.8 Å².